The molecule has 2 aromatic heterocycles. The first-order valence-corrected chi connectivity index (χ1v) is 5.90. The number of nitrogens with two attached hydrogens (primary N) is 1. The summed E-state index contributed by atoms with van der Waals surface area (Å²) in [6.07, 6.45) is 1.46. The summed E-state index contributed by atoms with van der Waals surface area (Å²) < 4.78 is 1.64. The van der Waals surface area contributed by atoms with Gasteiger partial charge in [-0.2, -0.15) is 5.10 Å². The smallest absolute Gasteiger partial charge is 0.231 e. The minimum Gasteiger partial charge on any atom is -0.369 e. The van der Waals surface area contributed by atoms with Gasteiger partial charge in [0.2, 0.25) is 5.91 Å². The summed E-state index contributed by atoms with van der Waals surface area (Å²) in [4.78, 5) is 15.9. The van der Waals surface area contributed by atoms with E-state index in [0.29, 0.717) is 11.3 Å². The first-order chi connectivity index (χ1) is 9.27. The van der Waals surface area contributed by atoms with Crippen LogP contribution in [0.3, 0.4) is 0 Å². The Kier molecular flexibility index (Phi) is 2.72. The van der Waals surface area contributed by atoms with E-state index in [0.717, 1.165) is 5.56 Å². The quantitative estimate of drug-likeness (QED) is 0.764. The second kappa shape index (κ2) is 4.53. The maximum Gasteiger partial charge on any atom is 0.231 e. The molecular formula is C14H12N4O. The Hall–Kier alpha value is -2.69. The SMILES string of the molecule is NC(=O)C(c1ccccc1)c1cccc2ncnn12. The van der Waals surface area contributed by atoms with Crippen LogP contribution in [0, 0.1) is 0 Å². The summed E-state index contributed by atoms with van der Waals surface area (Å²) in [7, 11) is 0. The molecule has 5 heteroatoms. The maximum atomic E-state index is 11.8. The van der Waals surface area contributed by atoms with Crippen LogP contribution in [0.4, 0.5) is 0 Å². The molecule has 0 fully saturated rings. The average Bonchev–Trinajstić information content (AvgIpc) is 2.89. The number of primary amides is 1. The van der Waals surface area contributed by atoms with Gasteiger partial charge in [0.05, 0.1) is 5.69 Å². The average molecular weight is 252 g/mol. The molecule has 0 aliphatic carbocycles. The standard InChI is InChI=1S/C14H12N4O/c15-14(19)13(10-5-2-1-3-6-10)11-7-4-8-12-16-9-17-18(11)12/h1-9,13H,(H2,15,19). The lowest BCUT2D eigenvalue weighted by molar-refractivity contribution is -0.118. The van der Waals surface area contributed by atoms with E-state index in [1.807, 2.05) is 48.5 Å². The van der Waals surface area contributed by atoms with Crippen LogP contribution in [-0.2, 0) is 4.79 Å². The van der Waals surface area contributed by atoms with Gasteiger partial charge >= 0.3 is 0 Å². The highest BCUT2D eigenvalue weighted by molar-refractivity contribution is 5.85. The zero-order valence-corrected chi connectivity index (χ0v) is 10.1. The minimum absolute atomic E-state index is 0.408. The molecule has 0 spiro atoms. The van der Waals surface area contributed by atoms with Gasteiger partial charge in [-0.05, 0) is 17.7 Å². The monoisotopic (exact) mass is 252 g/mol. The van der Waals surface area contributed by atoms with E-state index >= 15 is 0 Å². The Bertz CT molecular complexity index is 720. The van der Waals surface area contributed by atoms with Crippen LogP contribution in [0.5, 0.6) is 0 Å². The van der Waals surface area contributed by atoms with Gasteiger partial charge in [0.25, 0.3) is 0 Å². The molecule has 1 aromatic carbocycles. The number of aromatic nitrogens is 3. The van der Waals surface area contributed by atoms with Gasteiger partial charge in [-0.3, -0.25) is 4.79 Å². The molecule has 2 N–H and O–H groups in total. The third-order valence-corrected chi connectivity index (χ3v) is 3.04. The third-order valence-electron chi connectivity index (χ3n) is 3.04. The van der Waals surface area contributed by atoms with Gasteiger partial charge < -0.3 is 5.73 Å². The van der Waals surface area contributed by atoms with Crippen molar-refractivity contribution < 1.29 is 4.79 Å². The van der Waals surface area contributed by atoms with E-state index in [1.165, 1.54) is 6.33 Å². The molecular weight excluding hydrogens is 240 g/mol. The molecule has 0 saturated heterocycles. The van der Waals surface area contributed by atoms with Crippen molar-refractivity contribution >= 4 is 11.6 Å². The van der Waals surface area contributed by atoms with Gasteiger partial charge in [-0.25, -0.2) is 9.50 Å². The number of nitrogens with zero attached hydrogens (tertiary/aromatic N) is 3. The van der Waals surface area contributed by atoms with Crippen molar-refractivity contribution in [2.45, 2.75) is 5.92 Å². The molecule has 0 bridgehead atoms. The molecule has 1 atom stereocenters. The van der Waals surface area contributed by atoms with Gasteiger partial charge in [-0.15, -0.1) is 0 Å². The molecule has 3 aromatic rings. The molecule has 5 nitrogen and oxygen atoms in total. The van der Waals surface area contributed by atoms with Crippen molar-refractivity contribution in [3.8, 4) is 0 Å². The molecule has 0 saturated carbocycles. The Morgan fingerprint density at radius 3 is 2.63 bits per heavy atom. The number of carbonyl (C=O) groups is 1. The van der Waals surface area contributed by atoms with Crippen LogP contribution in [0.15, 0.2) is 54.9 Å². The van der Waals surface area contributed by atoms with Crippen molar-refractivity contribution in [3.63, 3.8) is 0 Å². The number of benzene rings is 1. The Morgan fingerprint density at radius 2 is 1.89 bits per heavy atom. The molecule has 1 unspecified atom stereocenters. The van der Waals surface area contributed by atoms with Gasteiger partial charge in [0, 0.05) is 0 Å². The number of pyridine rings is 1. The summed E-state index contributed by atoms with van der Waals surface area (Å²) >= 11 is 0. The van der Waals surface area contributed by atoms with Crippen LogP contribution in [-0.4, -0.2) is 20.5 Å². The second-order valence-electron chi connectivity index (χ2n) is 4.23. The van der Waals surface area contributed by atoms with Crippen molar-refractivity contribution in [2.75, 3.05) is 0 Å². The summed E-state index contributed by atoms with van der Waals surface area (Å²) in [6, 6.07) is 14.9. The zero-order chi connectivity index (χ0) is 13.2. The Labute approximate surface area is 109 Å². The normalized spacial score (nSPS) is 12.4. The second-order valence-corrected chi connectivity index (χ2v) is 4.23. The molecule has 2 heterocycles. The number of carbonyl (C=O) groups excluding carboxylic acids is 1. The summed E-state index contributed by atoms with van der Waals surface area (Å²) in [5.74, 6) is -0.944. The maximum absolute atomic E-state index is 11.8. The fourth-order valence-electron chi connectivity index (χ4n) is 2.21. The van der Waals surface area contributed by atoms with E-state index < -0.39 is 11.8 Å². The lowest BCUT2D eigenvalue weighted by Crippen LogP contribution is -2.24. The van der Waals surface area contributed by atoms with Crippen molar-refractivity contribution in [1.82, 2.24) is 14.6 Å². The largest absolute Gasteiger partial charge is 0.369 e. The predicted octanol–water partition coefficient (Wildman–Crippen LogP) is 1.35. The fourth-order valence-corrected chi connectivity index (χ4v) is 2.21. The van der Waals surface area contributed by atoms with E-state index in [4.69, 9.17) is 5.73 Å². The highest BCUT2D eigenvalue weighted by atomic mass is 16.1. The van der Waals surface area contributed by atoms with Gasteiger partial charge in [-0.1, -0.05) is 36.4 Å². The highest BCUT2D eigenvalue weighted by Gasteiger charge is 2.23. The van der Waals surface area contributed by atoms with Crippen LogP contribution in [0.25, 0.3) is 5.65 Å². The van der Waals surface area contributed by atoms with Crippen LogP contribution in [0.1, 0.15) is 17.2 Å². The number of fused-ring (bicyclic) bond motifs is 1. The van der Waals surface area contributed by atoms with E-state index in [2.05, 4.69) is 10.1 Å². The van der Waals surface area contributed by atoms with Crippen LogP contribution < -0.4 is 5.73 Å². The number of amides is 1. The summed E-state index contributed by atoms with van der Waals surface area (Å²) in [6.45, 7) is 0. The molecule has 0 aliphatic rings. The summed E-state index contributed by atoms with van der Waals surface area (Å²) in [5.41, 5.74) is 7.82. The number of rotatable bonds is 3. The summed E-state index contributed by atoms with van der Waals surface area (Å²) in [5, 5.41) is 4.15. The molecule has 19 heavy (non-hydrogen) atoms. The lowest BCUT2D eigenvalue weighted by Gasteiger charge is -2.15. The van der Waals surface area contributed by atoms with Gasteiger partial charge in [0.1, 0.15) is 12.2 Å². The minimum atomic E-state index is -0.536. The van der Waals surface area contributed by atoms with E-state index in [-0.39, 0.29) is 0 Å². The zero-order valence-electron chi connectivity index (χ0n) is 10.1. The van der Waals surface area contributed by atoms with Crippen molar-refractivity contribution in [3.05, 3.63) is 66.1 Å². The molecule has 94 valence electrons. The van der Waals surface area contributed by atoms with E-state index in [1.54, 1.807) is 4.52 Å². The number of hydrogen-bond acceptors (Lipinski definition) is 3. The molecule has 0 aliphatic heterocycles. The number of hydrogen-bond donors (Lipinski definition) is 1. The molecule has 0 radical (unpaired) electrons. The van der Waals surface area contributed by atoms with Gasteiger partial charge in [0.15, 0.2) is 5.65 Å². The predicted molar refractivity (Wildman–Crippen MR) is 70.5 cm³/mol. The first-order valence-electron chi connectivity index (χ1n) is 5.90. The molecule has 3 rings (SSSR count). The lowest BCUT2D eigenvalue weighted by atomic mass is 9.94. The Morgan fingerprint density at radius 1 is 1.11 bits per heavy atom. The van der Waals surface area contributed by atoms with E-state index in [9.17, 15) is 4.79 Å². The fraction of sp³-hybridized carbons (Fsp3) is 0.0714. The highest BCUT2D eigenvalue weighted by Crippen LogP contribution is 2.24. The Balaban J connectivity index is 2.21. The first kappa shape index (κ1) is 11.4. The third kappa shape index (κ3) is 1.95. The van der Waals surface area contributed by atoms with Crippen LogP contribution in [0.2, 0.25) is 0 Å². The molecule has 1 amide bonds. The van der Waals surface area contributed by atoms with Crippen molar-refractivity contribution in [2.24, 2.45) is 5.73 Å². The van der Waals surface area contributed by atoms with Crippen LogP contribution >= 0.6 is 0 Å². The topological polar surface area (TPSA) is 73.3 Å². The van der Waals surface area contributed by atoms with Crippen molar-refractivity contribution in [1.29, 1.82) is 0 Å².